The number of hydrogen-bond donors (Lipinski definition) is 2. The van der Waals surface area contributed by atoms with E-state index in [1.165, 1.54) is 13.5 Å². The predicted molar refractivity (Wildman–Crippen MR) is 74.4 cm³/mol. The van der Waals surface area contributed by atoms with E-state index in [-0.39, 0.29) is 5.97 Å². The van der Waals surface area contributed by atoms with Gasteiger partial charge in [-0.3, -0.25) is 0 Å². The zero-order valence-corrected chi connectivity index (χ0v) is 11.5. The number of aryl methyl sites for hydroxylation is 1. The lowest BCUT2D eigenvalue weighted by Crippen LogP contribution is -2.22. The first-order valence-corrected chi connectivity index (χ1v) is 6.74. The third kappa shape index (κ3) is 3.67. The summed E-state index contributed by atoms with van der Waals surface area (Å²) >= 11 is 0. The highest BCUT2D eigenvalue weighted by molar-refractivity contribution is 5.90. The molecule has 1 aromatic rings. The maximum Gasteiger partial charge on any atom is 0.339 e. The Labute approximate surface area is 113 Å². The molecule has 19 heavy (non-hydrogen) atoms. The molecular formula is C14H21N3O2. The number of carbonyl (C=O) groups is 1. The Balaban J connectivity index is 2.04. The quantitative estimate of drug-likeness (QED) is 0.813. The van der Waals surface area contributed by atoms with Crippen molar-refractivity contribution in [3.63, 3.8) is 0 Å². The van der Waals surface area contributed by atoms with Gasteiger partial charge in [-0.05, 0) is 51.4 Å². The second-order valence-corrected chi connectivity index (χ2v) is 4.84. The molecule has 0 saturated carbocycles. The van der Waals surface area contributed by atoms with Crippen LogP contribution >= 0.6 is 0 Å². The summed E-state index contributed by atoms with van der Waals surface area (Å²) in [4.78, 5) is 15.9. The monoisotopic (exact) mass is 263 g/mol. The average Bonchev–Trinajstić information content (AvgIpc) is 2.67. The molecule has 1 fully saturated rings. The fourth-order valence-electron chi connectivity index (χ4n) is 2.34. The minimum absolute atomic E-state index is 0.338. The van der Waals surface area contributed by atoms with Crippen molar-refractivity contribution in [2.45, 2.75) is 32.2 Å². The van der Waals surface area contributed by atoms with Gasteiger partial charge in [-0.25, -0.2) is 9.78 Å². The first-order valence-electron chi connectivity index (χ1n) is 6.74. The van der Waals surface area contributed by atoms with Crippen molar-refractivity contribution in [2.75, 3.05) is 25.5 Å². The van der Waals surface area contributed by atoms with Crippen LogP contribution in [-0.2, 0) is 4.74 Å². The first-order chi connectivity index (χ1) is 9.20. The van der Waals surface area contributed by atoms with Crippen LogP contribution in [0.15, 0.2) is 12.1 Å². The first kappa shape index (κ1) is 13.8. The lowest BCUT2D eigenvalue weighted by Gasteiger charge is -2.17. The number of nitrogens with zero attached hydrogens (tertiary/aromatic N) is 1. The van der Waals surface area contributed by atoms with Gasteiger partial charge < -0.3 is 15.4 Å². The molecule has 5 heteroatoms. The van der Waals surface area contributed by atoms with Gasteiger partial charge in [0.15, 0.2) is 0 Å². The third-order valence-corrected chi connectivity index (χ3v) is 3.42. The number of nitrogens with one attached hydrogen (secondary N) is 2. The molecule has 0 aliphatic carbocycles. The van der Waals surface area contributed by atoms with Crippen molar-refractivity contribution in [1.82, 2.24) is 10.3 Å². The lowest BCUT2D eigenvalue weighted by atomic mass is 10.1. The molecule has 2 heterocycles. The van der Waals surface area contributed by atoms with Gasteiger partial charge in [-0.15, -0.1) is 0 Å². The summed E-state index contributed by atoms with van der Waals surface area (Å²) in [5.74, 6) is 0.493. The Morgan fingerprint density at radius 1 is 1.42 bits per heavy atom. The van der Waals surface area contributed by atoms with Crippen LogP contribution in [0.4, 0.5) is 5.82 Å². The summed E-state index contributed by atoms with van der Waals surface area (Å²) in [6.45, 7) is 3.95. The normalized spacial score (nSPS) is 19.6. The maximum atomic E-state index is 11.5. The molecule has 0 radical (unpaired) electrons. The maximum absolute atomic E-state index is 11.5. The number of anilines is 1. The molecule has 0 spiro atoms. The Kier molecular flexibility index (Phi) is 4.74. The number of esters is 1. The Bertz CT molecular complexity index is 440. The molecule has 1 atom stereocenters. The molecule has 2 N–H and O–H groups in total. The second-order valence-electron chi connectivity index (χ2n) is 4.84. The highest BCUT2D eigenvalue weighted by atomic mass is 16.5. The highest BCUT2D eigenvalue weighted by Gasteiger charge is 2.14. The van der Waals surface area contributed by atoms with E-state index in [0.717, 1.165) is 31.7 Å². The van der Waals surface area contributed by atoms with Crippen LogP contribution in [0.5, 0.6) is 0 Å². The Morgan fingerprint density at radius 3 is 3.00 bits per heavy atom. The van der Waals surface area contributed by atoms with Crippen LogP contribution in [-0.4, -0.2) is 37.2 Å². The molecular weight excluding hydrogens is 242 g/mol. The van der Waals surface area contributed by atoms with Gasteiger partial charge in [0.25, 0.3) is 0 Å². The Hall–Kier alpha value is -1.62. The van der Waals surface area contributed by atoms with Crippen LogP contribution in [0.1, 0.15) is 35.3 Å². The summed E-state index contributed by atoms with van der Waals surface area (Å²) in [7, 11) is 1.38. The molecule has 5 nitrogen and oxygen atoms in total. The Morgan fingerprint density at radius 2 is 2.26 bits per heavy atom. The van der Waals surface area contributed by atoms with Crippen molar-refractivity contribution in [2.24, 2.45) is 0 Å². The summed E-state index contributed by atoms with van der Waals surface area (Å²) in [6.07, 6.45) is 3.42. The number of hydrogen-bond acceptors (Lipinski definition) is 5. The van der Waals surface area contributed by atoms with Crippen LogP contribution in [0.3, 0.4) is 0 Å². The molecule has 1 aliphatic rings. The van der Waals surface area contributed by atoms with Gasteiger partial charge in [0.2, 0.25) is 0 Å². The van der Waals surface area contributed by atoms with Crippen LogP contribution in [0, 0.1) is 6.92 Å². The van der Waals surface area contributed by atoms with E-state index in [0.29, 0.717) is 17.3 Å². The second kappa shape index (κ2) is 6.52. The molecule has 2 rings (SSSR count). The minimum Gasteiger partial charge on any atom is -0.465 e. The summed E-state index contributed by atoms with van der Waals surface area (Å²) in [5, 5.41) is 6.83. The van der Waals surface area contributed by atoms with E-state index in [9.17, 15) is 4.79 Å². The van der Waals surface area contributed by atoms with E-state index in [1.54, 1.807) is 6.07 Å². The van der Waals surface area contributed by atoms with Crippen LogP contribution in [0.25, 0.3) is 0 Å². The smallest absolute Gasteiger partial charge is 0.339 e. The van der Waals surface area contributed by atoms with Gasteiger partial charge in [0, 0.05) is 6.04 Å². The average molecular weight is 263 g/mol. The third-order valence-electron chi connectivity index (χ3n) is 3.42. The lowest BCUT2D eigenvalue weighted by molar-refractivity contribution is 0.0599. The number of methoxy groups -OCH3 is 1. The molecule has 1 aromatic heterocycles. The van der Waals surface area contributed by atoms with Crippen molar-refractivity contribution >= 4 is 11.8 Å². The van der Waals surface area contributed by atoms with E-state index >= 15 is 0 Å². The van der Waals surface area contributed by atoms with Gasteiger partial charge >= 0.3 is 5.97 Å². The van der Waals surface area contributed by atoms with Crippen molar-refractivity contribution in [1.29, 1.82) is 0 Å². The predicted octanol–water partition coefficient (Wildman–Crippen LogP) is 1.73. The van der Waals surface area contributed by atoms with Crippen molar-refractivity contribution in [3.05, 3.63) is 23.4 Å². The van der Waals surface area contributed by atoms with Crippen LogP contribution < -0.4 is 10.6 Å². The zero-order chi connectivity index (χ0) is 13.7. The molecule has 0 amide bonds. The fraction of sp³-hybridized carbons (Fsp3) is 0.571. The molecule has 1 saturated heterocycles. The highest BCUT2D eigenvalue weighted by Crippen LogP contribution is 2.15. The molecule has 104 valence electrons. The molecule has 1 unspecified atom stereocenters. The van der Waals surface area contributed by atoms with Gasteiger partial charge in [-0.1, -0.05) is 0 Å². The number of pyridine rings is 1. The van der Waals surface area contributed by atoms with Gasteiger partial charge in [0.1, 0.15) is 5.82 Å². The van der Waals surface area contributed by atoms with Crippen LogP contribution in [0.2, 0.25) is 0 Å². The number of ether oxygens (including phenoxy) is 1. The number of rotatable bonds is 3. The van der Waals surface area contributed by atoms with E-state index in [1.807, 2.05) is 13.0 Å². The topological polar surface area (TPSA) is 63.2 Å². The molecule has 0 bridgehead atoms. The standard InChI is InChI=1S/C14H21N3O2/c1-10-12(14(18)19-2)5-6-13(16-10)17-11-4-3-8-15-9-7-11/h5-6,11,15H,3-4,7-9H2,1-2H3,(H,16,17). The van der Waals surface area contributed by atoms with Gasteiger partial charge in [-0.2, -0.15) is 0 Å². The summed E-state index contributed by atoms with van der Waals surface area (Å²) in [6, 6.07) is 4.06. The van der Waals surface area contributed by atoms with E-state index in [2.05, 4.69) is 15.6 Å². The SMILES string of the molecule is COC(=O)c1ccc(NC2CCCNCC2)nc1C. The van der Waals surface area contributed by atoms with E-state index < -0.39 is 0 Å². The van der Waals surface area contributed by atoms with Crippen molar-refractivity contribution < 1.29 is 9.53 Å². The van der Waals surface area contributed by atoms with Crippen molar-refractivity contribution in [3.8, 4) is 0 Å². The zero-order valence-electron chi connectivity index (χ0n) is 11.5. The summed E-state index contributed by atoms with van der Waals surface area (Å²) < 4.78 is 4.72. The summed E-state index contributed by atoms with van der Waals surface area (Å²) in [5.41, 5.74) is 1.22. The number of aromatic nitrogens is 1. The minimum atomic E-state index is -0.338. The molecule has 1 aliphatic heterocycles. The largest absolute Gasteiger partial charge is 0.465 e. The van der Waals surface area contributed by atoms with E-state index in [4.69, 9.17) is 4.74 Å². The number of carbonyl (C=O) groups excluding carboxylic acids is 1. The molecule has 0 aromatic carbocycles. The van der Waals surface area contributed by atoms with Gasteiger partial charge in [0.05, 0.1) is 18.4 Å². The fourth-order valence-corrected chi connectivity index (χ4v) is 2.34.